The zero-order valence-corrected chi connectivity index (χ0v) is 19.1. The van der Waals surface area contributed by atoms with Gasteiger partial charge in [0.05, 0.1) is 5.71 Å². The van der Waals surface area contributed by atoms with Gasteiger partial charge in [0.2, 0.25) is 0 Å². The highest BCUT2D eigenvalue weighted by molar-refractivity contribution is 6.09. The van der Waals surface area contributed by atoms with Gasteiger partial charge in [-0.15, -0.1) is 0 Å². The van der Waals surface area contributed by atoms with Crippen LogP contribution in [0.5, 0.6) is 0 Å². The SMILES string of the molecule is CCCCc1ccc(NC(=O)c2oc3c(c2C)/C(=N/NC(=O)c2ccccc2)CCC3)cc1. The van der Waals surface area contributed by atoms with Gasteiger partial charge in [-0.25, -0.2) is 5.43 Å². The molecule has 1 aromatic heterocycles. The standard InChI is InChI=1S/C27H29N3O3/c1-3-4-9-19-14-16-21(17-15-19)28-27(32)25-18(2)24-22(12-8-13-23(24)33-25)29-30-26(31)20-10-6-5-7-11-20/h5-7,10-11,14-17H,3-4,8-9,12-13H2,1-2H3,(H,28,32)(H,30,31)/b29-22+. The number of anilines is 1. The van der Waals surface area contributed by atoms with Crippen LogP contribution in [-0.2, 0) is 12.8 Å². The lowest BCUT2D eigenvalue weighted by Crippen LogP contribution is -2.22. The molecule has 2 amide bonds. The minimum Gasteiger partial charge on any atom is -0.455 e. The first-order valence-electron chi connectivity index (χ1n) is 11.5. The number of unbranched alkanes of at least 4 members (excludes halogenated alkanes) is 1. The number of aryl methyl sites for hydroxylation is 2. The van der Waals surface area contributed by atoms with Crippen molar-refractivity contribution in [3.63, 3.8) is 0 Å². The molecule has 33 heavy (non-hydrogen) atoms. The molecule has 0 saturated heterocycles. The van der Waals surface area contributed by atoms with Gasteiger partial charge in [-0.05, 0) is 62.4 Å². The molecule has 4 rings (SSSR count). The Morgan fingerprint density at radius 1 is 1.00 bits per heavy atom. The summed E-state index contributed by atoms with van der Waals surface area (Å²) in [5.74, 6) is 0.484. The Kier molecular flexibility index (Phi) is 7.03. The summed E-state index contributed by atoms with van der Waals surface area (Å²) in [6.45, 7) is 4.04. The molecule has 2 N–H and O–H groups in total. The summed E-state index contributed by atoms with van der Waals surface area (Å²) in [6, 6.07) is 16.9. The zero-order chi connectivity index (χ0) is 23.2. The number of rotatable bonds is 7. The van der Waals surface area contributed by atoms with E-state index in [0.29, 0.717) is 17.7 Å². The summed E-state index contributed by atoms with van der Waals surface area (Å²) in [5.41, 5.74) is 7.49. The summed E-state index contributed by atoms with van der Waals surface area (Å²) in [5, 5.41) is 7.31. The second kappa shape index (κ2) is 10.3. The summed E-state index contributed by atoms with van der Waals surface area (Å²) >= 11 is 0. The van der Waals surface area contributed by atoms with Crippen molar-refractivity contribution in [2.24, 2.45) is 5.10 Å². The van der Waals surface area contributed by atoms with Gasteiger partial charge in [-0.3, -0.25) is 9.59 Å². The van der Waals surface area contributed by atoms with Crippen LogP contribution in [-0.4, -0.2) is 17.5 Å². The minimum absolute atomic E-state index is 0.267. The molecule has 0 unspecified atom stereocenters. The third kappa shape index (κ3) is 5.22. The van der Waals surface area contributed by atoms with Crippen LogP contribution >= 0.6 is 0 Å². The number of amides is 2. The van der Waals surface area contributed by atoms with E-state index in [2.05, 4.69) is 22.8 Å². The predicted octanol–water partition coefficient (Wildman–Crippen LogP) is 5.65. The van der Waals surface area contributed by atoms with Crippen LogP contribution in [0.15, 0.2) is 64.1 Å². The highest BCUT2D eigenvalue weighted by Crippen LogP contribution is 2.30. The van der Waals surface area contributed by atoms with Crippen LogP contribution in [0.4, 0.5) is 5.69 Å². The molecular weight excluding hydrogens is 414 g/mol. The molecule has 0 spiro atoms. The van der Waals surface area contributed by atoms with Crippen molar-refractivity contribution in [1.29, 1.82) is 0 Å². The van der Waals surface area contributed by atoms with E-state index in [9.17, 15) is 9.59 Å². The summed E-state index contributed by atoms with van der Waals surface area (Å²) in [4.78, 5) is 25.3. The van der Waals surface area contributed by atoms with Gasteiger partial charge < -0.3 is 9.73 Å². The first-order chi connectivity index (χ1) is 16.1. The molecule has 0 fully saturated rings. The van der Waals surface area contributed by atoms with Crippen LogP contribution in [0.2, 0.25) is 0 Å². The fourth-order valence-electron chi connectivity index (χ4n) is 4.09. The van der Waals surface area contributed by atoms with E-state index in [4.69, 9.17) is 4.42 Å². The van der Waals surface area contributed by atoms with Crippen molar-refractivity contribution >= 4 is 23.2 Å². The van der Waals surface area contributed by atoms with Gasteiger partial charge in [-0.1, -0.05) is 43.7 Å². The maximum Gasteiger partial charge on any atom is 0.291 e. The largest absolute Gasteiger partial charge is 0.455 e. The van der Waals surface area contributed by atoms with E-state index >= 15 is 0 Å². The molecule has 1 aliphatic carbocycles. The van der Waals surface area contributed by atoms with Crippen molar-refractivity contribution in [2.75, 3.05) is 5.32 Å². The third-order valence-corrected chi connectivity index (χ3v) is 5.89. The van der Waals surface area contributed by atoms with E-state index in [1.54, 1.807) is 12.1 Å². The Morgan fingerprint density at radius 3 is 2.48 bits per heavy atom. The fraction of sp³-hybridized carbons (Fsp3) is 0.296. The summed E-state index contributed by atoms with van der Waals surface area (Å²) in [6.07, 6.45) is 5.64. The number of hydrogen-bond acceptors (Lipinski definition) is 4. The second-order valence-electron chi connectivity index (χ2n) is 8.33. The molecule has 6 heteroatoms. The predicted molar refractivity (Wildman–Crippen MR) is 130 cm³/mol. The number of hydrogen-bond donors (Lipinski definition) is 2. The van der Waals surface area contributed by atoms with E-state index in [1.807, 2.05) is 49.4 Å². The number of hydrazone groups is 1. The Hall–Kier alpha value is -3.67. The highest BCUT2D eigenvalue weighted by Gasteiger charge is 2.28. The monoisotopic (exact) mass is 443 g/mol. The highest BCUT2D eigenvalue weighted by atomic mass is 16.4. The number of carbonyl (C=O) groups is 2. The van der Waals surface area contributed by atoms with Crippen LogP contribution in [0.25, 0.3) is 0 Å². The average Bonchev–Trinajstić information content (AvgIpc) is 3.20. The van der Waals surface area contributed by atoms with Crippen molar-refractivity contribution in [1.82, 2.24) is 5.43 Å². The smallest absolute Gasteiger partial charge is 0.291 e. The number of benzene rings is 2. The van der Waals surface area contributed by atoms with Crippen LogP contribution < -0.4 is 10.7 Å². The third-order valence-electron chi connectivity index (χ3n) is 5.89. The molecule has 1 aliphatic rings. The average molecular weight is 444 g/mol. The van der Waals surface area contributed by atoms with Crippen LogP contribution in [0.3, 0.4) is 0 Å². The van der Waals surface area contributed by atoms with E-state index in [-0.39, 0.29) is 11.8 Å². The van der Waals surface area contributed by atoms with Crippen LogP contribution in [0.1, 0.15) is 76.0 Å². The van der Waals surface area contributed by atoms with E-state index < -0.39 is 0 Å². The van der Waals surface area contributed by atoms with Crippen molar-refractivity contribution in [3.8, 4) is 0 Å². The van der Waals surface area contributed by atoms with Crippen molar-refractivity contribution < 1.29 is 14.0 Å². The maximum absolute atomic E-state index is 13.0. The lowest BCUT2D eigenvalue weighted by atomic mass is 9.93. The summed E-state index contributed by atoms with van der Waals surface area (Å²) < 4.78 is 5.96. The number of nitrogens with zero attached hydrogens (tertiary/aromatic N) is 1. The van der Waals surface area contributed by atoms with E-state index in [1.165, 1.54) is 5.56 Å². The van der Waals surface area contributed by atoms with Gasteiger partial charge in [0.15, 0.2) is 5.76 Å². The molecular formula is C27H29N3O3. The Morgan fingerprint density at radius 2 is 1.76 bits per heavy atom. The fourth-order valence-corrected chi connectivity index (χ4v) is 4.09. The lowest BCUT2D eigenvalue weighted by molar-refractivity contribution is 0.0953. The zero-order valence-electron chi connectivity index (χ0n) is 19.1. The van der Waals surface area contributed by atoms with Gasteiger partial charge >= 0.3 is 0 Å². The molecule has 6 nitrogen and oxygen atoms in total. The van der Waals surface area contributed by atoms with Gasteiger partial charge in [0, 0.05) is 28.8 Å². The summed E-state index contributed by atoms with van der Waals surface area (Å²) in [7, 11) is 0. The van der Waals surface area contributed by atoms with Gasteiger partial charge in [-0.2, -0.15) is 5.10 Å². The van der Waals surface area contributed by atoms with Crippen molar-refractivity contribution in [3.05, 3.63) is 88.4 Å². The maximum atomic E-state index is 13.0. The molecule has 0 radical (unpaired) electrons. The van der Waals surface area contributed by atoms with Gasteiger partial charge in [0.25, 0.3) is 11.8 Å². The van der Waals surface area contributed by atoms with Crippen molar-refractivity contribution in [2.45, 2.75) is 52.4 Å². The molecule has 170 valence electrons. The number of carbonyl (C=O) groups excluding carboxylic acids is 2. The second-order valence-corrected chi connectivity index (χ2v) is 8.33. The first kappa shape index (κ1) is 22.5. The van der Waals surface area contributed by atoms with Gasteiger partial charge in [0.1, 0.15) is 5.76 Å². The molecule has 0 bridgehead atoms. The molecule has 3 aromatic rings. The Bertz CT molecular complexity index is 1160. The number of fused-ring (bicyclic) bond motifs is 1. The topological polar surface area (TPSA) is 83.7 Å². The normalized spacial score (nSPS) is 14.1. The Labute approximate surface area is 194 Å². The minimum atomic E-state index is -0.282. The Balaban J connectivity index is 1.50. The molecule has 2 aromatic carbocycles. The number of nitrogens with one attached hydrogen (secondary N) is 2. The molecule has 0 aliphatic heterocycles. The van der Waals surface area contributed by atoms with E-state index in [0.717, 1.165) is 60.4 Å². The number of furan rings is 1. The molecule has 1 heterocycles. The quantitative estimate of drug-likeness (QED) is 0.463. The first-order valence-corrected chi connectivity index (χ1v) is 11.5. The van der Waals surface area contributed by atoms with Crippen LogP contribution in [0, 0.1) is 6.92 Å². The molecule has 0 saturated carbocycles. The lowest BCUT2D eigenvalue weighted by Gasteiger charge is -2.13. The molecule has 0 atom stereocenters.